The molecule has 3 aliphatic rings. The Balaban J connectivity index is 1.69. The number of allylic oxidation sites excluding steroid dienone is 3. The second kappa shape index (κ2) is 7.79. The van der Waals surface area contributed by atoms with E-state index in [0.717, 1.165) is 27.8 Å². The largest absolute Gasteiger partial charge is 0.461 e. The van der Waals surface area contributed by atoms with Crippen molar-refractivity contribution in [3.8, 4) is 16.9 Å². The van der Waals surface area contributed by atoms with Crippen LogP contribution in [0.15, 0.2) is 101 Å². The summed E-state index contributed by atoms with van der Waals surface area (Å²) in [6, 6.07) is 26.9. The van der Waals surface area contributed by atoms with Crippen LogP contribution >= 0.6 is 0 Å². The molecule has 7 heteroatoms. The molecule has 1 nitrogen and oxygen atoms in total. The van der Waals surface area contributed by atoms with Crippen LogP contribution in [0.25, 0.3) is 11.1 Å². The second-order valence-electron chi connectivity index (χ2n) is 10.3. The van der Waals surface area contributed by atoms with Crippen molar-refractivity contribution >= 4 is 63.5 Å². The predicted octanol–water partition coefficient (Wildman–Crippen LogP) is 2.02. The number of hydrogen-bond donors (Lipinski definition) is 0. The lowest BCUT2D eigenvalue weighted by atomic mass is 9.55. The minimum absolute atomic E-state index is 0.287. The molecule has 7 rings (SSSR count). The Morgan fingerprint density at radius 1 is 0.579 bits per heavy atom. The van der Waals surface area contributed by atoms with Crippen molar-refractivity contribution in [2.45, 2.75) is 17.8 Å². The summed E-state index contributed by atoms with van der Waals surface area (Å²) in [4.78, 5) is 0. The lowest BCUT2D eigenvalue weighted by Gasteiger charge is -2.39. The Labute approximate surface area is 231 Å². The summed E-state index contributed by atoms with van der Waals surface area (Å²) < 4.78 is 6.24. The Kier molecular flexibility index (Phi) is 4.85. The van der Waals surface area contributed by atoms with E-state index >= 15 is 0 Å². The number of hydrogen-bond acceptors (Lipinski definition) is 1. The summed E-state index contributed by atoms with van der Waals surface area (Å²) >= 11 is 0. The zero-order chi connectivity index (χ0) is 26.6. The van der Waals surface area contributed by atoms with Crippen LogP contribution in [0.1, 0.15) is 34.7 Å². The van der Waals surface area contributed by atoms with E-state index in [-0.39, 0.29) is 5.47 Å². The van der Waals surface area contributed by atoms with Crippen LogP contribution in [0.4, 0.5) is 0 Å². The van der Waals surface area contributed by atoms with Crippen LogP contribution in [0.3, 0.4) is 0 Å². The van der Waals surface area contributed by atoms with Gasteiger partial charge < -0.3 is 4.74 Å². The van der Waals surface area contributed by atoms with Crippen molar-refractivity contribution < 1.29 is 4.74 Å². The fourth-order valence-electron chi connectivity index (χ4n) is 6.87. The average Bonchev–Trinajstić information content (AvgIpc) is 3.48. The Morgan fingerprint density at radius 3 is 1.74 bits per heavy atom. The zero-order valence-electron chi connectivity index (χ0n) is 20.9. The van der Waals surface area contributed by atoms with E-state index in [1.807, 2.05) is 49.4 Å². The molecule has 0 fully saturated rings. The molecule has 1 heterocycles. The maximum Gasteiger partial charge on any atom is 0.123 e. The van der Waals surface area contributed by atoms with Crippen molar-refractivity contribution in [2.24, 2.45) is 0 Å². The highest BCUT2D eigenvalue weighted by atomic mass is 16.5. The summed E-state index contributed by atoms with van der Waals surface area (Å²) in [6.45, 7) is 1.91. The fraction of sp³-hybridized carbons (Fsp3) is 0.0968. The topological polar surface area (TPSA) is 9.23 Å². The molecule has 4 aromatic carbocycles. The van der Waals surface area contributed by atoms with Crippen LogP contribution in [-0.4, -0.2) is 47.1 Å². The van der Waals surface area contributed by atoms with Crippen molar-refractivity contribution in [3.63, 3.8) is 0 Å². The molecule has 12 radical (unpaired) electrons. The van der Waals surface area contributed by atoms with Crippen LogP contribution < -0.4 is 21.1 Å². The molecule has 0 saturated carbocycles. The standard InChI is InChI=1S/C31H16B6O/c1-30-21-22(32)20(23(33)24(34)27(21)38-29(30)26(36)25(35)28(30)37)31(15-9-3-2-4-10-15)18-13-7-5-11-16(18)17-12-6-8-14-19(17)31/h2-14H,1H3. The SMILES string of the molecule is [B]C1=C([B])C2(C)C(=C1[B])Oc1c([B])c([B])c(C3(c4ccccc4)c4ccccc4-c4ccccc43)c([B])c12. The summed E-state index contributed by atoms with van der Waals surface area (Å²) in [6.07, 6.45) is 0. The third-order valence-corrected chi connectivity index (χ3v) is 8.63. The average molecular weight is 469 g/mol. The summed E-state index contributed by atoms with van der Waals surface area (Å²) in [5.41, 5.74) is 6.95. The lowest BCUT2D eigenvalue weighted by molar-refractivity contribution is 0.412. The fourth-order valence-corrected chi connectivity index (χ4v) is 6.87. The Morgan fingerprint density at radius 2 is 1.13 bits per heavy atom. The van der Waals surface area contributed by atoms with Crippen LogP contribution in [0.5, 0.6) is 5.75 Å². The van der Waals surface area contributed by atoms with Gasteiger partial charge in [-0.15, -0.1) is 10.9 Å². The highest BCUT2D eigenvalue weighted by Gasteiger charge is 2.53. The third-order valence-electron chi connectivity index (χ3n) is 8.63. The highest BCUT2D eigenvalue weighted by Crippen LogP contribution is 2.57. The zero-order valence-corrected chi connectivity index (χ0v) is 20.9. The van der Waals surface area contributed by atoms with E-state index < -0.39 is 10.8 Å². The molecule has 0 spiro atoms. The lowest BCUT2D eigenvalue weighted by Crippen LogP contribution is -2.48. The van der Waals surface area contributed by atoms with E-state index in [2.05, 4.69) is 36.4 Å². The van der Waals surface area contributed by atoms with Crippen molar-refractivity contribution in [3.05, 3.63) is 129 Å². The van der Waals surface area contributed by atoms with Gasteiger partial charge in [0.25, 0.3) is 0 Å². The van der Waals surface area contributed by atoms with Gasteiger partial charge in [0.2, 0.25) is 0 Å². The van der Waals surface area contributed by atoms with Gasteiger partial charge in [-0.25, -0.2) is 0 Å². The van der Waals surface area contributed by atoms with E-state index in [1.54, 1.807) is 0 Å². The third kappa shape index (κ3) is 2.56. The molecule has 4 aromatic rings. The van der Waals surface area contributed by atoms with E-state index in [1.165, 1.54) is 0 Å². The van der Waals surface area contributed by atoms with Crippen LogP contribution in [-0.2, 0) is 10.8 Å². The normalized spacial score (nSPS) is 20.1. The minimum atomic E-state index is -0.973. The molecule has 0 N–H and O–H groups in total. The van der Waals surface area contributed by atoms with Crippen LogP contribution in [0, 0.1) is 0 Å². The Bertz CT molecular complexity index is 1730. The summed E-state index contributed by atoms with van der Waals surface area (Å²) in [5.74, 6) is 0.806. The molecule has 0 saturated heterocycles. The smallest absolute Gasteiger partial charge is 0.123 e. The molecule has 0 bridgehead atoms. The van der Waals surface area contributed by atoms with Crippen molar-refractivity contribution in [1.82, 2.24) is 0 Å². The molecule has 1 aliphatic heterocycles. The first-order valence-electron chi connectivity index (χ1n) is 12.5. The van der Waals surface area contributed by atoms with Gasteiger partial charge in [-0.05, 0) is 40.3 Å². The number of fused-ring (bicyclic) bond motifs is 6. The maximum absolute atomic E-state index is 7.22. The van der Waals surface area contributed by atoms with Gasteiger partial charge in [-0.3, -0.25) is 0 Å². The van der Waals surface area contributed by atoms with Gasteiger partial charge in [-0.2, -0.15) is 0 Å². The molecule has 164 valence electrons. The van der Waals surface area contributed by atoms with Crippen molar-refractivity contribution in [2.75, 3.05) is 0 Å². The van der Waals surface area contributed by atoms with Gasteiger partial charge in [0, 0.05) is 5.56 Å². The van der Waals surface area contributed by atoms with E-state index in [0.29, 0.717) is 50.0 Å². The summed E-state index contributed by atoms with van der Waals surface area (Å²) in [7, 11) is 40.2. The van der Waals surface area contributed by atoms with Gasteiger partial charge in [0.15, 0.2) is 0 Å². The molecule has 1 unspecified atom stereocenters. The highest BCUT2D eigenvalue weighted by molar-refractivity contribution is 6.54. The van der Waals surface area contributed by atoms with Crippen LogP contribution in [0.2, 0.25) is 0 Å². The first-order chi connectivity index (χ1) is 18.3. The van der Waals surface area contributed by atoms with Gasteiger partial charge in [0.05, 0.1) is 10.8 Å². The molecular formula is C31H16B6O. The predicted molar refractivity (Wildman–Crippen MR) is 159 cm³/mol. The molecule has 2 aliphatic carbocycles. The van der Waals surface area contributed by atoms with Gasteiger partial charge in [-0.1, -0.05) is 101 Å². The number of ether oxygens (including phenoxy) is 1. The summed E-state index contributed by atoms with van der Waals surface area (Å²) in [5, 5.41) is 0. The second-order valence-corrected chi connectivity index (χ2v) is 10.3. The van der Waals surface area contributed by atoms with E-state index in [4.69, 9.17) is 51.8 Å². The number of rotatable bonds is 2. The minimum Gasteiger partial charge on any atom is -0.461 e. The molecule has 0 amide bonds. The van der Waals surface area contributed by atoms with Crippen molar-refractivity contribution in [1.29, 1.82) is 0 Å². The molecule has 1 atom stereocenters. The first-order valence-corrected chi connectivity index (χ1v) is 12.5. The van der Waals surface area contributed by atoms with Gasteiger partial charge >= 0.3 is 0 Å². The molecule has 0 aromatic heterocycles. The molecule has 38 heavy (non-hydrogen) atoms. The van der Waals surface area contributed by atoms with E-state index in [9.17, 15) is 0 Å². The first kappa shape index (κ1) is 23.7. The monoisotopic (exact) mass is 470 g/mol. The maximum atomic E-state index is 7.22. The number of benzene rings is 4. The van der Waals surface area contributed by atoms with Gasteiger partial charge in [0.1, 0.15) is 58.6 Å². The quantitative estimate of drug-likeness (QED) is 0.360. The Hall–Kier alpha value is -3.45. The molecular weight excluding hydrogens is 453 g/mol.